The second kappa shape index (κ2) is 11.6. The van der Waals surface area contributed by atoms with Crippen molar-refractivity contribution in [2.24, 2.45) is 4.99 Å². The Morgan fingerprint density at radius 1 is 1.19 bits per heavy atom. The number of halogens is 2. The molecule has 0 radical (unpaired) electrons. The number of methoxy groups -OCH3 is 1. The van der Waals surface area contributed by atoms with E-state index in [-0.39, 0.29) is 23.5 Å². The third-order valence-corrected chi connectivity index (χ3v) is 8.09. The van der Waals surface area contributed by atoms with Gasteiger partial charge in [0.2, 0.25) is 0 Å². The number of hydrogen-bond acceptors (Lipinski definition) is 8. The molecule has 0 unspecified atom stereocenters. The van der Waals surface area contributed by atoms with Crippen molar-refractivity contribution in [3.63, 3.8) is 0 Å². The fourth-order valence-electron chi connectivity index (χ4n) is 4.08. The maximum atomic E-state index is 13.8. The van der Waals surface area contributed by atoms with Crippen molar-refractivity contribution in [2.45, 2.75) is 26.8 Å². The Morgan fingerprint density at radius 2 is 1.95 bits per heavy atom. The number of allylic oxidation sites excluding steroid dienone is 1. The van der Waals surface area contributed by atoms with Crippen molar-refractivity contribution in [3.8, 4) is 17.2 Å². The van der Waals surface area contributed by atoms with Crippen LogP contribution in [0.25, 0.3) is 6.08 Å². The molecule has 1 aromatic heterocycles. The molecule has 0 saturated carbocycles. The summed E-state index contributed by atoms with van der Waals surface area (Å²) >= 11 is 5.42. The average Bonchev–Trinajstić information content (AvgIpc) is 3.15. The molecule has 2 aromatic carbocycles. The van der Waals surface area contributed by atoms with Crippen LogP contribution in [0.5, 0.6) is 17.2 Å². The number of phenolic OH excluding ortho intramolecular Hbond substituents is 1. The van der Waals surface area contributed by atoms with Gasteiger partial charge >= 0.3 is 5.97 Å². The van der Waals surface area contributed by atoms with Crippen molar-refractivity contribution >= 4 is 68.6 Å². The molecule has 194 valence electrons. The summed E-state index contributed by atoms with van der Waals surface area (Å²) in [5.41, 5.74) is 1.60. The molecule has 37 heavy (non-hydrogen) atoms. The van der Waals surface area contributed by atoms with Gasteiger partial charge in [-0.25, -0.2) is 9.79 Å². The number of carbonyl (C=O) groups excluding carboxylic acids is 1. The zero-order valence-electron chi connectivity index (χ0n) is 20.5. The summed E-state index contributed by atoms with van der Waals surface area (Å²) in [6.07, 6.45) is 1.66. The fraction of sp³-hybridized carbons (Fsp3) is 0.269. The summed E-state index contributed by atoms with van der Waals surface area (Å²) in [5, 5.41) is 10.6. The van der Waals surface area contributed by atoms with E-state index in [9.17, 15) is 14.7 Å². The quantitative estimate of drug-likeness (QED) is 0.289. The Morgan fingerprint density at radius 3 is 2.62 bits per heavy atom. The number of carbonyl (C=O) groups is 1. The van der Waals surface area contributed by atoms with Gasteiger partial charge in [-0.2, -0.15) is 0 Å². The van der Waals surface area contributed by atoms with Gasteiger partial charge in [0, 0.05) is 9.13 Å². The van der Waals surface area contributed by atoms with E-state index in [1.807, 2.05) is 13.0 Å². The monoisotopic (exact) mass is 746 g/mol. The number of benzene rings is 2. The predicted octanol–water partition coefficient (Wildman–Crippen LogP) is 4.12. The van der Waals surface area contributed by atoms with Gasteiger partial charge in [0.25, 0.3) is 5.56 Å². The third-order valence-electron chi connectivity index (χ3n) is 5.66. The van der Waals surface area contributed by atoms with Crippen LogP contribution in [0, 0.1) is 7.14 Å². The molecule has 0 fully saturated rings. The molecule has 11 heteroatoms. The molecule has 1 N–H and O–H groups in total. The maximum absolute atomic E-state index is 13.8. The largest absolute Gasteiger partial charge is 0.506 e. The number of rotatable bonds is 7. The van der Waals surface area contributed by atoms with Crippen LogP contribution in [-0.2, 0) is 9.53 Å². The predicted molar refractivity (Wildman–Crippen MR) is 158 cm³/mol. The SMILES string of the molecule is CCOC(=O)C1=C(C)N=c2s/c(=C\c3cc(I)cc(I)c3O)c(=O)n2[C@@H]1c1ccc(OC)c(OCC)c1. The molecule has 1 aliphatic rings. The van der Waals surface area contributed by atoms with Gasteiger partial charge in [-0.15, -0.1) is 0 Å². The summed E-state index contributed by atoms with van der Waals surface area (Å²) in [7, 11) is 1.55. The number of nitrogens with zero attached hydrogens (tertiary/aromatic N) is 2. The van der Waals surface area contributed by atoms with Crippen molar-refractivity contribution in [1.82, 2.24) is 4.57 Å². The van der Waals surface area contributed by atoms with Crippen LogP contribution in [0.1, 0.15) is 37.9 Å². The molecule has 1 atom stereocenters. The molecule has 3 aromatic rings. The van der Waals surface area contributed by atoms with Crippen LogP contribution < -0.4 is 24.4 Å². The molecular weight excluding hydrogens is 722 g/mol. The lowest BCUT2D eigenvalue weighted by atomic mass is 9.95. The van der Waals surface area contributed by atoms with E-state index < -0.39 is 12.0 Å². The Kier molecular flexibility index (Phi) is 8.63. The van der Waals surface area contributed by atoms with Gasteiger partial charge in [-0.3, -0.25) is 9.36 Å². The van der Waals surface area contributed by atoms with Gasteiger partial charge in [-0.05, 0) is 102 Å². The Balaban J connectivity index is 1.99. The second-order valence-corrected chi connectivity index (χ2v) is 11.4. The third kappa shape index (κ3) is 5.43. The van der Waals surface area contributed by atoms with E-state index in [4.69, 9.17) is 14.2 Å². The minimum atomic E-state index is -0.785. The highest BCUT2D eigenvalue weighted by atomic mass is 127. The number of thiazole rings is 1. The van der Waals surface area contributed by atoms with Gasteiger partial charge in [0.15, 0.2) is 16.3 Å². The molecule has 8 nitrogen and oxygen atoms in total. The molecule has 0 spiro atoms. The first-order chi connectivity index (χ1) is 17.7. The highest BCUT2D eigenvalue weighted by molar-refractivity contribution is 14.1. The molecule has 4 rings (SSSR count). The molecule has 2 heterocycles. The summed E-state index contributed by atoms with van der Waals surface area (Å²) in [6, 6.07) is 8.20. The van der Waals surface area contributed by atoms with E-state index in [0.717, 1.165) is 3.57 Å². The summed E-state index contributed by atoms with van der Waals surface area (Å²) in [4.78, 5) is 32.0. The van der Waals surface area contributed by atoms with Gasteiger partial charge < -0.3 is 19.3 Å². The Bertz CT molecular complexity index is 1590. The Hall–Kier alpha value is -2.39. The fourth-order valence-corrected chi connectivity index (χ4v) is 7.00. The Labute approximate surface area is 244 Å². The van der Waals surface area contributed by atoms with E-state index in [1.54, 1.807) is 51.3 Å². The first kappa shape index (κ1) is 27.6. The number of ether oxygens (including phenoxy) is 3. The number of phenols is 1. The lowest BCUT2D eigenvalue weighted by Gasteiger charge is -2.25. The molecule has 0 aliphatic carbocycles. The highest BCUT2D eigenvalue weighted by Crippen LogP contribution is 2.36. The van der Waals surface area contributed by atoms with Crippen LogP contribution in [0.15, 0.2) is 51.4 Å². The van der Waals surface area contributed by atoms with E-state index in [0.29, 0.717) is 47.8 Å². The average molecular weight is 746 g/mol. The molecular formula is C26H24I2N2O6S. The topological polar surface area (TPSA) is 99.4 Å². The number of esters is 1. The first-order valence-corrected chi connectivity index (χ1v) is 14.4. The summed E-state index contributed by atoms with van der Waals surface area (Å²) in [5.74, 6) is 0.603. The van der Waals surface area contributed by atoms with E-state index in [2.05, 4.69) is 50.2 Å². The zero-order chi connectivity index (χ0) is 26.9. The van der Waals surface area contributed by atoms with Gasteiger partial charge in [-0.1, -0.05) is 17.4 Å². The summed E-state index contributed by atoms with van der Waals surface area (Å²) < 4.78 is 20.0. The number of fused-ring (bicyclic) bond motifs is 1. The number of aromatic hydroxyl groups is 1. The van der Waals surface area contributed by atoms with Crippen LogP contribution >= 0.6 is 56.5 Å². The van der Waals surface area contributed by atoms with Gasteiger partial charge in [0.05, 0.1) is 45.7 Å². The number of aromatic nitrogens is 1. The molecule has 1 aliphatic heterocycles. The van der Waals surface area contributed by atoms with Gasteiger partial charge in [0.1, 0.15) is 5.75 Å². The summed E-state index contributed by atoms with van der Waals surface area (Å²) in [6.45, 7) is 5.93. The van der Waals surface area contributed by atoms with Crippen molar-refractivity contribution in [1.29, 1.82) is 0 Å². The standard InChI is InChI=1S/C26H24I2N2O6S/c1-5-35-19-10-14(7-8-18(19)34-4)22-21(25(33)36-6-2)13(3)29-26-30(22)24(32)20(37-26)11-15-9-16(27)12-17(28)23(15)31/h7-12,22,31H,5-6H2,1-4H3/b20-11-/t22-/m1/s1. The smallest absolute Gasteiger partial charge is 0.338 e. The first-order valence-electron chi connectivity index (χ1n) is 11.4. The molecule has 0 amide bonds. The normalized spacial score (nSPS) is 15.3. The van der Waals surface area contributed by atoms with Crippen molar-refractivity contribution in [3.05, 3.63) is 79.6 Å². The maximum Gasteiger partial charge on any atom is 0.338 e. The van der Waals surface area contributed by atoms with Crippen LogP contribution in [-0.4, -0.2) is 36.0 Å². The molecule has 0 saturated heterocycles. The minimum absolute atomic E-state index is 0.100. The minimum Gasteiger partial charge on any atom is -0.506 e. The second-order valence-electron chi connectivity index (χ2n) is 7.97. The van der Waals surface area contributed by atoms with Crippen LogP contribution in [0.4, 0.5) is 0 Å². The van der Waals surface area contributed by atoms with Crippen LogP contribution in [0.3, 0.4) is 0 Å². The van der Waals surface area contributed by atoms with Crippen molar-refractivity contribution in [2.75, 3.05) is 20.3 Å². The zero-order valence-corrected chi connectivity index (χ0v) is 25.6. The number of hydrogen-bond donors (Lipinski definition) is 1. The lowest BCUT2D eigenvalue weighted by molar-refractivity contribution is -0.139. The van der Waals surface area contributed by atoms with Crippen LogP contribution in [0.2, 0.25) is 0 Å². The molecule has 0 bridgehead atoms. The van der Waals surface area contributed by atoms with E-state index >= 15 is 0 Å². The highest BCUT2D eigenvalue weighted by Gasteiger charge is 2.34. The van der Waals surface area contributed by atoms with E-state index in [1.165, 1.54) is 15.9 Å². The lowest BCUT2D eigenvalue weighted by Crippen LogP contribution is -2.40. The van der Waals surface area contributed by atoms with Crippen molar-refractivity contribution < 1.29 is 24.1 Å².